The third-order valence-corrected chi connectivity index (χ3v) is 2.42. The second kappa shape index (κ2) is 6.67. The maximum absolute atomic E-state index is 10.6. The molecule has 0 amide bonds. The van der Waals surface area contributed by atoms with Crippen molar-refractivity contribution in [2.24, 2.45) is 0 Å². The van der Waals surface area contributed by atoms with Gasteiger partial charge in [-0.05, 0) is 11.1 Å². The fraction of sp³-hybridized carbons (Fsp3) is 0.364. The Morgan fingerprint density at radius 3 is 2.80 bits per heavy atom. The lowest BCUT2D eigenvalue weighted by molar-refractivity contribution is -0.113. The summed E-state index contributed by atoms with van der Waals surface area (Å²) in [6.45, 7) is 0.585. The maximum Gasteiger partial charge on any atom is 0.149 e. The van der Waals surface area contributed by atoms with Gasteiger partial charge in [0.15, 0.2) is 0 Å². The molecule has 82 valence electrons. The van der Waals surface area contributed by atoms with Crippen molar-refractivity contribution in [1.29, 1.82) is 0 Å². The number of methoxy groups -OCH3 is 1. The Labute approximate surface area is 92.1 Å². The summed E-state index contributed by atoms with van der Waals surface area (Å²) >= 11 is 0. The van der Waals surface area contributed by atoms with Crippen LogP contribution < -0.4 is 0 Å². The smallest absolute Gasteiger partial charge is 0.149 e. The molecule has 0 fully saturated rings. The molecular formula is C11H15O3P. The van der Waals surface area contributed by atoms with Crippen molar-refractivity contribution in [3.8, 4) is 0 Å². The minimum atomic E-state index is -0.396. The van der Waals surface area contributed by atoms with E-state index < -0.39 is 6.10 Å². The largest absolute Gasteiger partial charge is 0.380 e. The highest BCUT2D eigenvalue weighted by Gasteiger charge is 2.06. The minimum absolute atomic E-state index is 0.396. The van der Waals surface area contributed by atoms with Crippen LogP contribution >= 0.6 is 9.47 Å². The number of carbonyl (C=O) groups is 1. The molecule has 0 bridgehead atoms. The van der Waals surface area contributed by atoms with Crippen molar-refractivity contribution in [3.63, 3.8) is 0 Å². The summed E-state index contributed by atoms with van der Waals surface area (Å²) in [7, 11) is 3.77. The third kappa shape index (κ3) is 4.08. The summed E-state index contributed by atoms with van der Waals surface area (Å²) in [4.78, 5) is 10.6. The molecule has 0 aliphatic carbocycles. The van der Waals surface area contributed by atoms with Gasteiger partial charge in [0.2, 0.25) is 0 Å². The first-order chi connectivity index (χ1) is 7.30. The topological polar surface area (TPSA) is 35.5 Å². The van der Waals surface area contributed by atoms with E-state index in [4.69, 9.17) is 9.26 Å². The quantitative estimate of drug-likeness (QED) is 0.547. The van der Waals surface area contributed by atoms with Crippen LogP contribution in [0.4, 0.5) is 0 Å². The van der Waals surface area contributed by atoms with Crippen LogP contribution in [-0.2, 0) is 27.1 Å². The van der Waals surface area contributed by atoms with Gasteiger partial charge >= 0.3 is 0 Å². The summed E-state index contributed by atoms with van der Waals surface area (Å²) in [6.07, 6.45) is 0.994. The summed E-state index contributed by atoms with van der Waals surface area (Å²) in [5.41, 5.74) is 2.17. The molecule has 0 saturated carbocycles. The van der Waals surface area contributed by atoms with Crippen LogP contribution in [0.25, 0.3) is 0 Å². The summed E-state index contributed by atoms with van der Waals surface area (Å²) in [5.74, 6) is 0. The molecule has 0 aliphatic heterocycles. The van der Waals surface area contributed by atoms with E-state index in [-0.39, 0.29) is 0 Å². The second-order valence-electron chi connectivity index (χ2n) is 3.27. The molecule has 0 N–H and O–H groups in total. The number of rotatable bonds is 6. The first-order valence-electron chi connectivity index (χ1n) is 4.67. The van der Waals surface area contributed by atoms with Gasteiger partial charge in [-0.15, -0.1) is 0 Å². The van der Waals surface area contributed by atoms with Gasteiger partial charge in [0.1, 0.15) is 12.4 Å². The zero-order chi connectivity index (χ0) is 11.1. The predicted molar refractivity (Wildman–Crippen MR) is 61.5 cm³/mol. The highest BCUT2D eigenvalue weighted by Crippen LogP contribution is 2.10. The molecule has 0 heterocycles. The van der Waals surface area contributed by atoms with Crippen molar-refractivity contribution in [2.75, 3.05) is 7.11 Å². The average molecular weight is 226 g/mol. The van der Waals surface area contributed by atoms with E-state index in [1.165, 1.54) is 0 Å². The first-order valence-corrected chi connectivity index (χ1v) is 5.15. The number of hydrogen-bond donors (Lipinski definition) is 0. The zero-order valence-corrected chi connectivity index (χ0v) is 9.84. The van der Waals surface area contributed by atoms with Crippen LogP contribution in [0.2, 0.25) is 0 Å². The summed E-state index contributed by atoms with van der Waals surface area (Å²) in [5, 5.41) is 0. The molecule has 2 atom stereocenters. The molecule has 1 rings (SSSR count). The Balaban J connectivity index is 2.67. The monoisotopic (exact) mass is 226 g/mol. The SMILES string of the molecule is COCc1cccc(C[C@@H](C=O)OP)c1. The lowest BCUT2D eigenvalue weighted by Gasteiger charge is -2.09. The van der Waals surface area contributed by atoms with E-state index in [1.54, 1.807) is 7.11 Å². The van der Waals surface area contributed by atoms with Crippen LogP contribution in [0.3, 0.4) is 0 Å². The number of benzene rings is 1. The van der Waals surface area contributed by atoms with Crippen molar-refractivity contribution in [2.45, 2.75) is 19.1 Å². The molecule has 0 spiro atoms. The molecule has 0 aromatic heterocycles. The second-order valence-corrected chi connectivity index (χ2v) is 3.54. The van der Waals surface area contributed by atoms with Gasteiger partial charge in [0.05, 0.1) is 6.61 Å². The van der Waals surface area contributed by atoms with Gasteiger partial charge in [-0.25, -0.2) is 0 Å². The van der Waals surface area contributed by atoms with E-state index in [0.717, 1.165) is 17.4 Å². The van der Waals surface area contributed by atoms with Gasteiger partial charge in [-0.1, -0.05) is 24.3 Å². The Kier molecular flexibility index (Phi) is 5.48. The predicted octanol–water partition coefficient (Wildman–Crippen LogP) is 1.75. The van der Waals surface area contributed by atoms with Gasteiger partial charge < -0.3 is 14.1 Å². The first kappa shape index (κ1) is 12.3. The van der Waals surface area contributed by atoms with Crippen molar-refractivity contribution >= 4 is 15.8 Å². The maximum atomic E-state index is 10.6. The van der Waals surface area contributed by atoms with Crippen LogP contribution in [0.5, 0.6) is 0 Å². The zero-order valence-electron chi connectivity index (χ0n) is 8.68. The highest BCUT2D eigenvalue weighted by atomic mass is 31.0. The van der Waals surface area contributed by atoms with E-state index in [2.05, 4.69) is 9.47 Å². The Morgan fingerprint density at radius 2 is 2.20 bits per heavy atom. The van der Waals surface area contributed by atoms with E-state index in [1.807, 2.05) is 24.3 Å². The Morgan fingerprint density at radius 1 is 1.47 bits per heavy atom. The van der Waals surface area contributed by atoms with Crippen molar-refractivity contribution in [3.05, 3.63) is 35.4 Å². The summed E-state index contributed by atoms with van der Waals surface area (Å²) < 4.78 is 9.96. The number of aldehydes is 1. The standard InChI is InChI=1S/C11H15O3P/c1-13-8-10-4-2-3-9(5-10)6-11(7-12)14-15/h2-5,7,11H,6,8,15H2,1H3/t11-/m0/s1. The molecule has 4 heteroatoms. The van der Waals surface area contributed by atoms with Crippen molar-refractivity contribution in [1.82, 2.24) is 0 Å². The molecule has 1 unspecified atom stereocenters. The summed E-state index contributed by atoms with van der Waals surface area (Å²) in [6, 6.07) is 7.93. The highest BCUT2D eigenvalue weighted by molar-refractivity contribution is 7.09. The fourth-order valence-electron chi connectivity index (χ4n) is 1.37. The molecule has 3 nitrogen and oxygen atoms in total. The molecular weight excluding hydrogens is 211 g/mol. The van der Waals surface area contributed by atoms with E-state index >= 15 is 0 Å². The van der Waals surface area contributed by atoms with Crippen molar-refractivity contribution < 1.29 is 14.1 Å². The van der Waals surface area contributed by atoms with Crippen LogP contribution in [0.15, 0.2) is 24.3 Å². The van der Waals surface area contributed by atoms with Gasteiger partial charge in [-0.2, -0.15) is 0 Å². The molecule has 1 aromatic carbocycles. The number of ether oxygens (including phenoxy) is 1. The third-order valence-electron chi connectivity index (χ3n) is 2.07. The Bertz CT molecular complexity index is 314. The van der Waals surface area contributed by atoms with Crippen LogP contribution in [0, 0.1) is 0 Å². The molecule has 1 aromatic rings. The normalized spacial score (nSPS) is 12.4. The van der Waals surface area contributed by atoms with E-state index in [0.29, 0.717) is 13.0 Å². The fourth-order valence-corrected chi connectivity index (χ4v) is 1.53. The van der Waals surface area contributed by atoms with Gasteiger partial charge in [0, 0.05) is 23.0 Å². The van der Waals surface area contributed by atoms with Gasteiger partial charge in [-0.3, -0.25) is 0 Å². The van der Waals surface area contributed by atoms with Gasteiger partial charge in [0.25, 0.3) is 0 Å². The molecule has 0 aliphatic rings. The average Bonchev–Trinajstić information content (AvgIpc) is 2.27. The lowest BCUT2D eigenvalue weighted by atomic mass is 10.1. The molecule has 0 radical (unpaired) electrons. The molecule has 15 heavy (non-hydrogen) atoms. The van der Waals surface area contributed by atoms with Crippen LogP contribution in [-0.4, -0.2) is 19.5 Å². The Hall–Kier alpha value is -0.760. The number of carbonyl (C=O) groups excluding carboxylic acids is 1. The minimum Gasteiger partial charge on any atom is -0.380 e. The molecule has 0 saturated heterocycles. The van der Waals surface area contributed by atoms with Crippen LogP contribution in [0.1, 0.15) is 11.1 Å². The lowest BCUT2D eigenvalue weighted by Crippen LogP contribution is -2.12. The van der Waals surface area contributed by atoms with E-state index in [9.17, 15) is 4.79 Å². The number of hydrogen-bond acceptors (Lipinski definition) is 3.